The van der Waals surface area contributed by atoms with Crippen molar-refractivity contribution < 1.29 is 14.3 Å². The second kappa shape index (κ2) is 6.49. The largest absolute Gasteiger partial charge is 0.348 e. The van der Waals surface area contributed by atoms with Crippen molar-refractivity contribution >= 4 is 11.7 Å². The highest BCUT2D eigenvalue weighted by Crippen LogP contribution is 2.35. The van der Waals surface area contributed by atoms with Crippen LogP contribution in [-0.2, 0) is 9.47 Å². The van der Waals surface area contributed by atoms with Crippen LogP contribution in [-0.4, -0.2) is 38.1 Å². The summed E-state index contributed by atoms with van der Waals surface area (Å²) in [5.41, 5.74) is 2.27. The van der Waals surface area contributed by atoms with Crippen molar-refractivity contribution in [2.45, 2.75) is 38.9 Å². The SMILES string of the molecule is C[C@@H](CNC(=O)N1C[C@@H](C)c2ccccc21)CC1(C)OCCO1. The number of nitrogens with one attached hydrogen (secondary N) is 1. The molecule has 0 unspecified atom stereocenters. The lowest BCUT2D eigenvalue weighted by Gasteiger charge is -2.26. The van der Waals surface area contributed by atoms with Crippen LogP contribution in [0.4, 0.5) is 10.5 Å². The second-order valence-electron chi connectivity index (χ2n) is 6.90. The molecule has 126 valence electrons. The normalized spacial score (nSPS) is 23.6. The highest BCUT2D eigenvalue weighted by atomic mass is 16.7. The maximum atomic E-state index is 12.5. The predicted octanol–water partition coefficient (Wildman–Crippen LogP) is 3.11. The minimum Gasteiger partial charge on any atom is -0.348 e. The van der Waals surface area contributed by atoms with Gasteiger partial charge in [-0.05, 0) is 24.5 Å². The number of carbonyl (C=O) groups excluding carboxylic acids is 1. The van der Waals surface area contributed by atoms with Gasteiger partial charge < -0.3 is 14.8 Å². The van der Waals surface area contributed by atoms with Crippen LogP contribution < -0.4 is 10.2 Å². The molecular weight excluding hydrogens is 292 g/mol. The minimum absolute atomic E-state index is 0.0212. The van der Waals surface area contributed by atoms with E-state index in [1.54, 1.807) is 0 Å². The number of amides is 2. The zero-order valence-electron chi connectivity index (χ0n) is 14.2. The van der Waals surface area contributed by atoms with Gasteiger partial charge in [-0.25, -0.2) is 4.79 Å². The van der Waals surface area contributed by atoms with Crippen molar-refractivity contribution in [2.24, 2.45) is 5.92 Å². The summed E-state index contributed by atoms with van der Waals surface area (Å²) in [5.74, 6) is 0.171. The smallest absolute Gasteiger partial charge is 0.321 e. The molecule has 0 aromatic heterocycles. The quantitative estimate of drug-likeness (QED) is 0.928. The van der Waals surface area contributed by atoms with Crippen molar-refractivity contribution in [1.82, 2.24) is 5.32 Å². The van der Waals surface area contributed by atoms with E-state index in [4.69, 9.17) is 9.47 Å². The summed E-state index contributed by atoms with van der Waals surface area (Å²) in [4.78, 5) is 14.4. The van der Waals surface area contributed by atoms with Crippen LogP contribution in [0.3, 0.4) is 0 Å². The van der Waals surface area contributed by atoms with Crippen LogP contribution >= 0.6 is 0 Å². The first-order valence-electron chi connectivity index (χ1n) is 8.41. The minimum atomic E-state index is -0.501. The fourth-order valence-corrected chi connectivity index (χ4v) is 3.55. The Morgan fingerprint density at radius 2 is 2.09 bits per heavy atom. The molecule has 3 rings (SSSR count). The molecule has 1 aromatic rings. The topological polar surface area (TPSA) is 50.8 Å². The van der Waals surface area contributed by atoms with Gasteiger partial charge >= 0.3 is 6.03 Å². The number of hydrogen-bond acceptors (Lipinski definition) is 3. The van der Waals surface area contributed by atoms with Gasteiger partial charge in [-0.2, -0.15) is 0 Å². The summed E-state index contributed by atoms with van der Waals surface area (Å²) in [5, 5.41) is 3.05. The third kappa shape index (κ3) is 3.51. The molecule has 23 heavy (non-hydrogen) atoms. The summed E-state index contributed by atoms with van der Waals surface area (Å²) in [6, 6.07) is 8.11. The Bertz CT molecular complexity index is 569. The van der Waals surface area contributed by atoms with E-state index in [-0.39, 0.29) is 11.9 Å². The second-order valence-corrected chi connectivity index (χ2v) is 6.90. The summed E-state index contributed by atoms with van der Waals surface area (Å²) >= 11 is 0. The van der Waals surface area contributed by atoms with Crippen LogP contribution in [0.15, 0.2) is 24.3 Å². The van der Waals surface area contributed by atoms with Crippen molar-refractivity contribution in [1.29, 1.82) is 0 Å². The number of hydrogen-bond donors (Lipinski definition) is 1. The fourth-order valence-electron chi connectivity index (χ4n) is 3.55. The van der Waals surface area contributed by atoms with Crippen molar-refractivity contribution in [2.75, 3.05) is 31.2 Å². The molecule has 0 saturated carbocycles. The first-order valence-corrected chi connectivity index (χ1v) is 8.41. The highest BCUT2D eigenvalue weighted by molar-refractivity contribution is 5.94. The number of fused-ring (bicyclic) bond motifs is 1. The molecule has 0 radical (unpaired) electrons. The number of ether oxygens (including phenoxy) is 2. The molecule has 1 aromatic carbocycles. The van der Waals surface area contributed by atoms with Gasteiger partial charge in [0, 0.05) is 31.1 Å². The molecule has 2 aliphatic rings. The lowest BCUT2D eigenvalue weighted by molar-refractivity contribution is -0.153. The van der Waals surface area contributed by atoms with Gasteiger partial charge in [0.2, 0.25) is 0 Å². The van der Waals surface area contributed by atoms with E-state index in [0.29, 0.717) is 25.7 Å². The maximum absolute atomic E-state index is 12.5. The van der Waals surface area contributed by atoms with Gasteiger partial charge in [0.05, 0.1) is 13.2 Å². The summed E-state index contributed by atoms with van der Waals surface area (Å²) in [7, 11) is 0. The average molecular weight is 318 g/mol. The lowest BCUT2D eigenvalue weighted by Crippen LogP contribution is -2.42. The fraction of sp³-hybridized carbons (Fsp3) is 0.611. The maximum Gasteiger partial charge on any atom is 0.321 e. The van der Waals surface area contributed by atoms with Crippen molar-refractivity contribution in [3.63, 3.8) is 0 Å². The van der Waals surface area contributed by atoms with Gasteiger partial charge in [-0.3, -0.25) is 4.90 Å². The molecule has 2 heterocycles. The monoisotopic (exact) mass is 318 g/mol. The van der Waals surface area contributed by atoms with E-state index < -0.39 is 5.79 Å². The third-order valence-electron chi connectivity index (χ3n) is 4.68. The first kappa shape index (κ1) is 16.3. The molecule has 1 fully saturated rings. The molecule has 2 amide bonds. The Labute approximate surface area is 137 Å². The van der Waals surface area contributed by atoms with Crippen LogP contribution in [0.2, 0.25) is 0 Å². The standard InChI is InChI=1S/C18H26N2O3/c1-13(10-18(3)22-8-9-23-18)11-19-17(21)20-12-14(2)15-6-4-5-7-16(15)20/h4-7,13-14H,8-12H2,1-3H3,(H,19,21)/t13-,14-/m1/s1. The summed E-state index contributed by atoms with van der Waals surface area (Å²) in [6.45, 7) is 8.89. The molecule has 2 aliphatic heterocycles. The Morgan fingerprint density at radius 3 is 2.83 bits per heavy atom. The van der Waals surface area contributed by atoms with Crippen molar-refractivity contribution in [3.8, 4) is 0 Å². The van der Waals surface area contributed by atoms with E-state index in [0.717, 1.165) is 18.7 Å². The summed E-state index contributed by atoms with van der Waals surface area (Å²) in [6.07, 6.45) is 0.778. The van der Waals surface area contributed by atoms with E-state index in [1.807, 2.05) is 30.0 Å². The molecule has 2 atom stereocenters. The zero-order valence-corrected chi connectivity index (χ0v) is 14.2. The number of para-hydroxylation sites is 1. The molecule has 1 saturated heterocycles. The number of anilines is 1. The van der Waals surface area contributed by atoms with Gasteiger partial charge in [0.15, 0.2) is 5.79 Å². The number of rotatable bonds is 4. The Morgan fingerprint density at radius 1 is 1.39 bits per heavy atom. The van der Waals surface area contributed by atoms with Gasteiger partial charge in [0.25, 0.3) is 0 Å². The van der Waals surface area contributed by atoms with E-state index in [9.17, 15) is 4.79 Å². The van der Waals surface area contributed by atoms with Crippen molar-refractivity contribution in [3.05, 3.63) is 29.8 Å². The van der Waals surface area contributed by atoms with Gasteiger partial charge in [0.1, 0.15) is 0 Å². The molecule has 0 bridgehead atoms. The molecule has 5 nitrogen and oxygen atoms in total. The number of nitrogens with zero attached hydrogens (tertiary/aromatic N) is 1. The van der Waals surface area contributed by atoms with E-state index in [1.165, 1.54) is 5.56 Å². The zero-order chi connectivity index (χ0) is 16.4. The van der Waals surface area contributed by atoms with Gasteiger partial charge in [-0.1, -0.05) is 32.0 Å². The molecular formula is C18H26N2O3. The number of carbonyl (C=O) groups is 1. The molecule has 0 spiro atoms. The molecule has 0 aliphatic carbocycles. The van der Waals surface area contributed by atoms with Crippen LogP contribution in [0, 0.1) is 5.92 Å². The summed E-state index contributed by atoms with van der Waals surface area (Å²) < 4.78 is 11.3. The third-order valence-corrected chi connectivity index (χ3v) is 4.68. The average Bonchev–Trinajstić information content (AvgIpc) is 3.10. The predicted molar refractivity (Wildman–Crippen MR) is 89.7 cm³/mol. The molecule has 5 heteroatoms. The van der Waals surface area contributed by atoms with Crippen LogP contribution in [0.5, 0.6) is 0 Å². The molecule has 1 N–H and O–H groups in total. The van der Waals surface area contributed by atoms with Crippen LogP contribution in [0.1, 0.15) is 38.7 Å². The lowest BCUT2D eigenvalue weighted by atomic mass is 10.0. The number of urea groups is 1. The Balaban J connectivity index is 1.54. The Hall–Kier alpha value is -1.59. The highest BCUT2D eigenvalue weighted by Gasteiger charge is 2.33. The Kier molecular flexibility index (Phi) is 4.60. The first-order chi connectivity index (χ1) is 11.0. The van der Waals surface area contributed by atoms with Gasteiger partial charge in [-0.15, -0.1) is 0 Å². The number of benzene rings is 1. The van der Waals surface area contributed by atoms with E-state index >= 15 is 0 Å². The van der Waals surface area contributed by atoms with E-state index in [2.05, 4.69) is 25.2 Å². The van der Waals surface area contributed by atoms with Crippen LogP contribution in [0.25, 0.3) is 0 Å².